The summed E-state index contributed by atoms with van der Waals surface area (Å²) in [4.78, 5) is 2.50. The predicted molar refractivity (Wildman–Crippen MR) is 79.0 cm³/mol. The fraction of sp³-hybridized carbons (Fsp3) is 0.625. The summed E-state index contributed by atoms with van der Waals surface area (Å²) in [5, 5.41) is 0. The highest BCUT2D eigenvalue weighted by Crippen LogP contribution is 2.32. The third-order valence-electron chi connectivity index (χ3n) is 4.26. The lowest BCUT2D eigenvalue weighted by molar-refractivity contribution is 0.412. The van der Waals surface area contributed by atoms with Crippen molar-refractivity contribution in [2.24, 2.45) is 11.7 Å². The van der Waals surface area contributed by atoms with E-state index in [1.54, 1.807) is 0 Å². The van der Waals surface area contributed by atoms with E-state index in [4.69, 9.17) is 5.73 Å². The summed E-state index contributed by atoms with van der Waals surface area (Å²) in [5.41, 5.74) is 8.72. The number of anilines is 1. The van der Waals surface area contributed by atoms with Crippen LogP contribution in [0.3, 0.4) is 0 Å². The molecule has 2 rings (SSSR count). The average molecular weight is 246 g/mol. The van der Waals surface area contributed by atoms with Crippen LogP contribution in [0.15, 0.2) is 24.3 Å². The Morgan fingerprint density at radius 2 is 2.06 bits per heavy atom. The lowest BCUT2D eigenvalue weighted by atomic mass is 9.96. The van der Waals surface area contributed by atoms with Crippen LogP contribution in [-0.2, 0) is 0 Å². The third kappa shape index (κ3) is 2.86. The maximum Gasteiger partial charge on any atom is 0.0440 e. The normalized spacial score (nSPS) is 17.9. The molecule has 2 nitrogen and oxygen atoms in total. The van der Waals surface area contributed by atoms with Crippen LogP contribution in [0.25, 0.3) is 0 Å². The molecule has 1 aromatic carbocycles. The molecule has 0 bridgehead atoms. The quantitative estimate of drug-likeness (QED) is 0.863. The lowest BCUT2D eigenvalue weighted by Crippen LogP contribution is -2.45. The van der Waals surface area contributed by atoms with Crippen LogP contribution in [0, 0.1) is 12.8 Å². The summed E-state index contributed by atoms with van der Waals surface area (Å²) >= 11 is 0. The Balaban J connectivity index is 2.19. The van der Waals surface area contributed by atoms with Crippen LogP contribution in [0.2, 0.25) is 0 Å². The highest BCUT2D eigenvalue weighted by Gasteiger charge is 2.28. The second-order valence-corrected chi connectivity index (χ2v) is 5.47. The van der Waals surface area contributed by atoms with Crippen LogP contribution in [0.4, 0.5) is 5.69 Å². The number of rotatable bonds is 5. The summed E-state index contributed by atoms with van der Waals surface area (Å²) in [6.07, 6.45) is 5.47. The second kappa shape index (κ2) is 6.24. The van der Waals surface area contributed by atoms with E-state index < -0.39 is 0 Å². The predicted octanol–water partition coefficient (Wildman–Crippen LogP) is 3.34. The molecule has 1 saturated carbocycles. The molecule has 0 radical (unpaired) electrons. The van der Waals surface area contributed by atoms with Crippen molar-refractivity contribution in [1.29, 1.82) is 0 Å². The number of benzene rings is 1. The fourth-order valence-corrected chi connectivity index (χ4v) is 3.33. The first-order valence-corrected chi connectivity index (χ1v) is 7.29. The van der Waals surface area contributed by atoms with Gasteiger partial charge in [-0.2, -0.15) is 0 Å². The molecule has 0 saturated heterocycles. The third-order valence-corrected chi connectivity index (χ3v) is 4.26. The van der Waals surface area contributed by atoms with Gasteiger partial charge in [-0.3, -0.25) is 0 Å². The minimum absolute atomic E-state index is 0.513. The Morgan fingerprint density at radius 3 is 2.61 bits per heavy atom. The standard InChI is InChI=1S/C16H26N2/c1-3-18(15-10-6-7-13(2)11-15)16(12-17)14-8-4-5-9-14/h6-7,10-11,14,16H,3-5,8-9,12,17H2,1-2H3. The van der Waals surface area contributed by atoms with Gasteiger partial charge in [0.15, 0.2) is 0 Å². The van der Waals surface area contributed by atoms with E-state index in [9.17, 15) is 0 Å². The largest absolute Gasteiger partial charge is 0.367 e. The Labute approximate surface area is 111 Å². The topological polar surface area (TPSA) is 29.3 Å². The van der Waals surface area contributed by atoms with Gasteiger partial charge in [0, 0.05) is 24.8 Å². The summed E-state index contributed by atoms with van der Waals surface area (Å²) < 4.78 is 0. The maximum atomic E-state index is 6.06. The van der Waals surface area contributed by atoms with Gasteiger partial charge in [-0.15, -0.1) is 0 Å². The number of nitrogens with zero attached hydrogens (tertiary/aromatic N) is 1. The summed E-state index contributed by atoms with van der Waals surface area (Å²) in [5.74, 6) is 0.787. The van der Waals surface area contributed by atoms with Crippen molar-refractivity contribution in [2.75, 3.05) is 18.0 Å². The zero-order valence-electron chi connectivity index (χ0n) is 11.7. The molecule has 100 valence electrons. The van der Waals surface area contributed by atoms with Crippen molar-refractivity contribution >= 4 is 5.69 Å². The molecule has 18 heavy (non-hydrogen) atoms. The number of hydrogen-bond donors (Lipinski definition) is 1. The van der Waals surface area contributed by atoms with E-state index in [1.807, 2.05) is 0 Å². The fourth-order valence-electron chi connectivity index (χ4n) is 3.33. The van der Waals surface area contributed by atoms with Crippen LogP contribution in [0.5, 0.6) is 0 Å². The summed E-state index contributed by atoms with van der Waals surface area (Å²) in [6, 6.07) is 9.31. The van der Waals surface area contributed by atoms with Crippen molar-refractivity contribution in [2.45, 2.75) is 45.6 Å². The van der Waals surface area contributed by atoms with Crippen molar-refractivity contribution in [3.63, 3.8) is 0 Å². The molecular formula is C16H26N2. The second-order valence-electron chi connectivity index (χ2n) is 5.47. The molecule has 1 fully saturated rings. The SMILES string of the molecule is CCN(c1cccc(C)c1)C(CN)C1CCCC1. The molecule has 1 atom stereocenters. The molecule has 2 N–H and O–H groups in total. The van der Waals surface area contributed by atoms with Crippen molar-refractivity contribution in [3.8, 4) is 0 Å². The van der Waals surface area contributed by atoms with Gasteiger partial charge >= 0.3 is 0 Å². The minimum atomic E-state index is 0.513. The molecular weight excluding hydrogens is 220 g/mol. The summed E-state index contributed by atoms with van der Waals surface area (Å²) in [7, 11) is 0. The van der Waals surface area contributed by atoms with E-state index in [0.29, 0.717) is 6.04 Å². The molecule has 0 heterocycles. The number of nitrogens with two attached hydrogens (primary N) is 1. The first-order chi connectivity index (χ1) is 8.76. The van der Waals surface area contributed by atoms with Gasteiger partial charge in [0.1, 0.15) is 0 Å². The smallest absolute Gasteiger partial charge is 0.0440 e. The first kappa shape index (κ1) is 13.4. The molecule has 1 aromatic rings. The van der Waals surface area contributed by atoms with Crippen LogP contribution < -0.4 is 10.6 Å². The molecule has 1 aliphatic rings. The highest BCUT2D eigenvalue weighted by atomic mass is 15.2. The first-order valence-electron chi connectivity index (χ1n) is 7.29. The van der Waals surface area contributed by atoms with E-state index in [1.165, 1.54) is 36.9 Å². The number of likely N-dealkylation sites (N-methyl/N-ethyl adjacent to an activating group) is 1. The number of aryl methyl sites for hydroxylation is 1. The van der Waals surface area contributed by atoms with Crippen molar-refractivity contribution in [3.05, 3.63) is 29.8 Å². The lowest BCUT2D eigenvalue weighted by Gasteiger charge is -2.36. The van der Waals surface area contributed by atoms with E-state index in [2.05, 4.69) is 43.0 Å². The molecule has 1 aliphatic carbocycles. The van der Waals surface area contributed by atoms with Crippen LogP contribution in [-0.4, -0.2) is 19.1 Å². The van der Waals surface area contributed by atoms with Crippen molar-refractivity contribution in [1.82, 2.24) is 0 Å². The highest BCUT2D eigenvalue weighted by molar-refractivity contribution is 5.49. The molecule has 0 aliphatic heterocycles. The molecule has 0 aromatic heterocycles. The molecule has 2 heteroatoms. The van der Waals surface area contributed by atoms with Crippen LogP contribution in [0.1, 0.15) is 38.2 Å². The van der Waals surface area contributed by atoms with Gasteiger partial charge in [0.25, 0.3) is 0 Å². The summed E-state index contributed by atoms with van der Waals surface area (Å²) in [6.45, 7) is 6.21. The minimum Gasteiger partial charge on any atom is -0.367 e. The maximum absolute atomic E-state index is 6.06. The van der Waals surface area contributed by atoms with Gasteiger partial charge < -0.3 is 10.6 Å². The van der Waals surface area contributed by atoms with Gasteiger partial charge in [-0.05, 0) is 50.3 Å². The Morgan fingerprint density at radius 1 is 1.33 bits per heavy atom. The molecule has 0 amide bonds. The van der Waals surface area contributed by atoms with E-state index in [-0.39, 0.29) is 0 Å². The zero-order valence-corrected chi connectivity index (χ0v) is 11.7. The molecule has 0 spiro atoms. The Bertz CT molecular complexity index is 369. The van der Waals surface area contributed by atoms with E-state index >= 15 is 0 Å². The Kier molecular flexibility index (Phi) is 4.65. The van der Waals surface area contributed by atoms with Gasteiger partial charge in [-0.25, -0.2) is 0 Å². The number of hydrogen-bond acceptors (Lipinski definition) is 2. The average Bonchev–Trinajstić information content (AvgIpc) is 2.89. The zero-order chi connectivity index (χ0) is 13.0. The van der Waals surface area contributed by atoms with Crippen LogP contribution >= 0.6 is 0 Å². The van der Waals surface area contributed by atoms with Gasteiger partial charge in [0.2, 0.25) is 0 Å². The van der Waals surface area contributed by atoms with Crippen molar-refractivity contribution < 1.29 is 0 Å². The molecule has 1 unspecified atom stereocenters. The van der Waals surface area contributed by atoms with E-state index in [0.717, 1.165) is 19.0 Å². The van der Waals surface area contributed by atoms with Gasteiger partial charge in [0.05, 0.1) is 0 Å². The monoisotopic (exact) mass is 246 g/mol. The van der Waals surface area contributed by atoms with Gasteiger partial charge in [-0.1, -0.05) is 25.0 Å². The Hall–Kier alpha value is -1.02.